The van der Waals surface area contributed by atoms with E-state index in [0.29, 0.717) is 5.92 Å². The number of hydrogen-bond donors (Lipinski definition) is 1. The average Bonchev–Trinajstić information content (AvgIpc) is 2.19. The van der Waals surface area contributed by atoms with Crippen LogP contribution in [0.3, 0.4) is 0 Å². The SMILES string of the molecule is CCC(CC)C(Cl)CNCCCOC. The summed E-state index contributed by atoms with van der Waals surface area (Å²) in [6.45, 7) is 7.14. The van der Waals surface area contributed by atoms with Crippen LogP contribution in [0.4, 0.5) is 0 Å². The van der Waals surface area contributed by atoms with E-state index in [-0.39, 0.29) is 5.38 Å². The third kappa shape index (κ3) is 6.63. The van der Waals surface area contributed by atoms with Gasteiger partial charge in [-0.25, -0.2) is 0 Å². The van der Waals surface area contributed by atoms with Crippen LogP contribution in [0.5, 0.6) is 0 Å². The first-order chi connectivity index (χ1) is 6.76. The van der Waals surface area contributed by atoms with E-state index < -0.39 is 0 Å². The predicted octanol–water partition coefficient (Wildman–Crippen LogP) is 2.66. The Kier molecular flexibility index (Phi) is 9.90. The fourth-order valence-corrected chi connectivity index (χ4v) is 2.01. The van der Waals surface area contributed by atoms with Gasteiger partial charge in [-0.05, 0) is 18.9 Å². The largest absolute Gasteiger partial charge is 0.385 e. The summed E-state index contributed by atoms with van der Waals surface area (Å²) in [5, 5.41) is 3.63. The van der Waals surface area contributed by atoms with E-state index in [1.807, 2.05) is 0 Å². The summed E-state index contributed by atoms with van der Waals surface area (Å²) in [4.78, 5) is 0. The van der Waals surface area contributed by atoms with Crippen molar-refractivity contribution in [3.63, 3.8) is 0 Å². The minimum atomic E-state index is 0.271. The number of alkyl halides is 1. The first kappa shape index (κ1) is 14.2. The number of hydrogen-bond acceptors (Lipinski definition) is 2. The average molecular weight is 222 g/mol. The molecule has 0 radical (unpaired) electrons. The molecule has 0 bridgehead atoms. The molecule has 0 aliphatic heterocycles. The molecule has 0 aromatic carbocycles. The number of ether oxygens (including phenoxy) is 1. The lowest BCUT2D eigenvalue weighted by atomic mass is 9.99. The van der Waals surface area contributed by atoms with E-state index in [1.165, 1.54) is 12.8 Å². The molecule has 0 aromatic rings. The Morgan fingerprint density at radius 2 is 1.93 bits per heavy atom. The van der Waals surface area contributed by atoms with Crippen LogP contribution in [0, 0.1) is 5.92 Å². The van der Waals surface area contributed by atoms with Crippen LogP contribution >= 0.6 is 11.6 Å². The summed E-state index contributed by atoms with van der Waals surface area (Å²) in [7, 11) is 1.73. The Morgan fingerprint density at radius 1 is 1.29 bits per heavy atom. The van der Waals surface area contributed by atoms with E-state index in [0.717, 1.165) is 26.1 Å². The van der Waals surface area contributed by atoms with E-state index in [9.17, 15) is 0 Å². The molecule has 3 heteroatoms. The van der Waals surface area contributed by atoms with Crippen LogP contribution in [-0.2, 0) is 4.74 Å². The molecular formula is C11H24ClNO. The van der Waals surface area contributed by atoms with Gasteiger partial charge in [0.25, 0.3) is 0 Å². The maximum atomic E-state index is 6.27. The second kappa shape index (κ2) is 9.75. The Morgan fingerprint density at radius 3 is 2.43 bits per heavy atom. The van der Waals surface area contributed by atoms with E-state index in [2.05, 4.69) is 19.2 Å². The van der Waals surface area contributed by atoms with Crippen molar-refractivity contribution in [1.82, 2.24) is 5.32 Å². The zero-order valence-electron chi connectivity index (χ0n) is 9.68. The lowest BCUT2D eigenvalue weighted by molar-refractivity contribution is 0.194. The van der Waals surface area contributed by atoms with Crippen molar-refractivity contribution < 1.29 is 4.74 Å². The summed E-state index contributed by atoms with van der Waals surface area (Å²) in [5.74, 6) is 0.645. The molecule has 86 valence electrons. The van der Waals surface area contributed by atoms with Gasteiger partial charge >= 0.3 is 0 Å². The van der Waals surface area contributed by atoms with Crippen molar-refractivity contribution in [3.05, 3.63) is 0 Å². The molecule has 2 nitrogen and oxygen atoms in total. The lowest BCUT2D eigenvalue weighted by Gasteiger charge is -2.19. The number of nitrogens with one attached hydrogen (secondary N) is 1. The highest BCUT2D eigenvalue weighted by atomic mass is 35.5. The highest BCUT2D eigenvalue weighted by Crippen LogP contribution is 2.17. The molecule has 0 fully saturated rings. The topological polar surface area (TPSA) is 21.3 Å². The zero-order chi connectivity index (χ0) is 10.8. The van der Waals surface area contributed by atoms with Crippen LogP contribution in [0.25, 0.3) is 0 Å². The smallest absolute Gasteiger partial charge is 0.0488 e. The number of methoxy groups -OCH3 is 1. The Bertz CT molecular complexity index is 118. The van der Waals surface area contributed by atoms with Gasteiger partial charge in [0, 0.05) is 25.6 Å². The number of rotatable bonds is 9. The summed E-state index contributed by atoms with van der Waals surface area (Å²) in [6, 6.07) is 0. The van der Waals surface area contributed by atoms with Crippen molar-refractivity contribution in [2.75, 3.05) is 26.8 Å². The predicted molar refractivity (Wildman–Crippen MR) is 63.1 cm³/mol. The van der Waals surface area contributed by atoms with Gasteiger partial charge in [0.15, 0.2) is 0 Å². The first-order valence-corrected chi connectivity index (χ1v) is 6.03. The quantitative estimate of drug-likeness (QED) is 0.478. The van der Waals surface area contributed by atoms with Crippen LogP contribution in [-0.4, -0.2) is 32.2 Å². The molecule has 0 spiro atoms. The summed E-state index contributed by atoms with van der Waals surface area (Å²) in [5.41, 5.74) is 0. The standard InChI is InChI=1S/C11H24ClNO/c1-4-10(5-2)11(12)9-13-7-6-8-14-3/h10-11,13H,4-9H2,1-3H3. The molecular weight excluding hydrogens is 198 g/mol. The lowest BCUT2D eigenvalue weighted by Crippen LogP contribution is -2.29. The monoisotopic (exact) mass is 221 g/mol. The molecule has 14 heavy (non-hydrogen) atoms. The van der Waals surface area contributed by atoms with Gasteiger partial charge in [-0.1, -0.05) is 26.7 Å². The van der Waals surface area contributed by atoms with Crippen molar-refractivity contribution in [2.24, 2.45) is 5.92 Å². The molecule has 0 amide bonds. The molecule has 0 saturated carbocycles. The van der Waals surface area contributed by atoms with Crippen molar-refractivity contribution >= 4 is 11.6 Å². The molecule has 1 N–H and O–H groups in total. The summed E-state index contributed by atoms with van der Waals surface area (Å²) >= 11 is 6.27. The van der Waals surface area contributed by atoms with Crippen LogP contribution in [0.15, 0.2) is 0 Å². The second-order valence-corrected chi connectivity index (χ2v) is 4.20. The highest BCUT2D eigenvalue weighted by Gasteiger charge is 2.14. The van der Waals surface area contributed by atoms with Gasteiger partial charge in [0.1, 0.15) is 0 Å². The molecule has 0 heterocycles. The van der Waals surface area contributed by atoms with Crippen LogP contribution in [0.2, 0.25) is 0 Å². The Hall–Kier alpha value is 0.210. The summed E-state index contributed by atoms with van der Waals surface area (Å²) in [6.07, 6.45) is 3.40. The van der Waals surface area contributed by atoms with Gasteiger partial charge < -0.3 is 10.1 Å². The molecule has 0 saturated heterocycles. The van der Waals surface area contributed by atoms with Crippen LogP contribution in [0.1, 0.15) is 33.1 Å². The fourth-order valence-electron chi connectivity index (χ4n) is 1.55. The molecule has 0 aromatic heterocycles. The highest BCUT2D eigenvalue weighted by molar-refractivity contribution is 6.21. The van der Waals surface area contributed by atoms with Crippen molar-refractivity contribution in [2.45, 2.75) is 38.5 Å². The van der Waals surface area contributed by atoms with Gasteiger partial charge in [0.2, 0.25) is 0 Å². The molecule has 0 aliphatic rings. The van der Waals surface area contributed by atoms with Crippen molar-refractivity contribution in [3.8, 4) is 0 Å². The maximum Gasteiger partial charge on any atom is 0.0488 e. The van der Waals surface area contributed by atoms with E-state index in [4.69, 9.17) is 16.3 Å². The number of halogens is 1. The molecule has 1 unspecified atom stereocenters. The molecule has 0 aliphatic carbocycles. The van der Waals surface area contributed by atoms with E-state index >= 15 is 0 Å². The third-order valence-electron chi connectivity index (χ3n) is 2.60. The van der Waals surface area contributed by atoms with Crippen molar-refractivity contribution in [1.29, 1.82) is 0 Å². The second-order valence-electron chi connectivity index (χ2n) is 3.64. The minimum absolute atomic E-state index is 0.271. The fraction of sp³-hybridized carbons (Fsp3) is 1.00. The van der Waals surface area contributed by atoms with Gasteiger partial charge in [-0.2, -0.15) is 0 Å². The van der Waals surface area contributed by atoms with Crippen LogP contribution < -0.4 is 5.32 Å². The van der Waals surface area contributed by atoms with Gasteiger partial charge in [0.05, 0.1) is 0 Å². The Labute approximate surface area is 93.4 Å². The Balaban J connectivity index is 3.37. The first-order valence-electron chi connectivity index (χ1n) is 5.59. The minimum Gasteiger partial charge on any atom is -0.385 e. The summed E-state index contributed by atoms with van der Waals surface area (Å²) < 4.78 is 4.97. The van der Waals surface area contributed by atoms with Gasteiger partial charge in [-0.15, -0.1) is 11.6 Å². The molecule has 0 rings (SSSR count). The van der Waals surface area contributed by atoms with Gasteiger partial charge in [-0.3, -0.25) is 0 Å². The zero-order valence-corrected chi connectivity index (χ0v) is 10.4. The third-order valence-corrected chi connectivity index (χ3v) is 3.11. The normalized spacial score (nSPS) is 13.5. The maximum absolute atomic E-state index is 6.27. The molecule has 1 atom stereocenters. The van der Waals surface area contributed by atoms with E-state index in [1.54, 1.807) is 7.11 Å².